The Kier molecular flexibility index (Phi) is 4.79. The summed E-state index contributed by atoms with van der Waals surface area (Å²) < 4.78 is 0. The van der Waals surface area contributed by atoms with Gasteiger partial charge in [-0.2, -0.15) is 0 Å². The summed E-state index contributed by atoms with van der Waals surface area (Å²) in [7, 11) is 0. The number of aliphatic hydroxyl groups is 2. The molecular weight excluding hydrogens is 255 g/mol. The van der Waals surface area contributed by atoms with E-state index in [2.05, 4.69) is 15.0 Å². The third kappa shape index (κ3) is 2.98. The van der Waals surface area contributed by atoms with Gasteiger partial charge in [0.15, 0.2) is 0 Å². The first-order valence-corrected chi connectivity index (χ1v) is 4.99. The molecule has 0 bridgehead atoms. The third-order valence-electron chi connectivity index (χ3n) is 1.88. The largest absolute Gasteiger partial charge is 0.390 e. The Morgan fingerprint density at radius 2 is 1.94 bits per heavy atom. The Morgan fingerprint density at radius 3 is 2.44 bits per heavy atom. The van der Waals surface area contributed by atoms with E-state index in [0.717, 1.165) is 0 Å². The molecule has 1 rings (SSSR count). The molecule has 2 atom stereocenters. The molecule has 8 heteroatoms. The van der Waals surface area contributed by atoms with Crippen molar-refractivity contribution in [3.63, 3.8) is 0 Å². The normalized spacial score (nSPS) is 14.0. The van der Waals surface area contributed by atoms with E-state index in [-0.39, 0.29) is 22.2 Å². The van der Waals surface area contributed by atoms with E-state index in [1.54, 1.807) is 0 Å². The average molecular weight is 263 g/mol. The summed E-state index contributed by atoms with van der Waals surface area (Å²) in [6, 6.07) is 0. The first kappa shape index (κ1) is 13.0. The summed E-state index contributed by atoms with van der Waals surface area (Å²) >= 11 is 11.6. The Balaban J connectivity index is 2.95. The standard InChI is InChI=1S/C8H8Cl2N4O2/c9-4-1-12-2-5(10)7(4)8(16)6(15)3-13-14-11/h1-2,6,8,15-16H,3H2. The summed E-state index contributed by atoms with van der Waals surface area (Å²) in [4.78, 5) is 6.18. The molecule has 0 radical (unpaired) electrons. The monoisotopic (exact) mass is 262 g/mol. The van der Waals surface area contributed by atoms with E-state index in [1.165, 1.54) is 12.4 Å². The lowest BCUT2D eigenvalue weighted by Crippen LogP contribution is -2.21. The van der Waals surface area contributed by atoms with E-state index in [4.69, 9.17) is 28.7 Å². The summed E-state index contributed by atoms with van der Waals surface area (Å²) in [6.07, 6.45) is 0.000218. The highest BCUT2D eigenvalue weighted by molar-refractivity contribution is 6.35. The zero-order chi connectivity index (χ0) is 12.1. The number of azide groups is 1. The average Bonchev–Trinajstić information content (AvgIpc) is 2.25. The maximum absolute atomic E-state index is 9.75. The first-order chi connectivity index (χ1) is 7.57. The minimum atomic E-state index is -1.33. The highest BCUT2D eigenvalue weighted by Crippen LogP contribution is 2.31. The van der Waals surface area contributed by atoms with Gasteiger partial charge in [-0.05, 0) is 5.53 Å². The van der Waals surface area contributed by atoms with E-state index in [1.807, 2.05) is 0 Å². The second-order valence-corrected chi connectivity index (χ2v) is 3.76. The molecule has 16 heavy (non-hydrogen) atoms. The van der Waals surface area contributed by atoms with Gasteiger partial charge in [0, 0.05) is 22.9 Å². The van der Waals surface area contributed by atoms with Crippen molar-refractivity contribution in [2.45, 2.75) is 12.2 Å². The quantitative estimate of drug-likeness (QED) is 0.493. The summed E-state index contributed by atoms with van der Waals surface area (Å²) in [5, 5.41) is 22.7. The van der Waals surface area contributed by atoms with Crippen LogP contribution < -0.4 is 0 Å². The second kappa shape index (κ2) is 5.89. The van der Waals surface area contributed by atoms with Gasteiger partial charge >= 0.3 is 0 Å². The molecule has 0 amide bonds. The number of hydrogen-bond acceptors (Lipinski definition) is 4. The molecule has 0 aliphatic carbocycles. The fourth-order valence-corrected chi connectivity index (χ4v) is 1.70. The van der Waals surface area contributed by atoms with Crippen LogP contribution in [0.3, 0.4) is 0 Å². The third-order valence-corrected chi connectivity index (χ3v) is 2.48. The van der Waals surface area contributed by atoms with Crippen LogP contribution in [-0.2, 0) is 0 Å². The van der Waals surface area contributed by atoms with Crippen LogP contribution in [0.25, 0.3) is 10.4 Å². The number of aliphatic hydroxyl groups excluding tert-OH is 2. The molecule has 6 nitrogen and oxygen atoms in total. The number of pyridine rings is 1. The summed E-state index contributed by atoms with van der Waals surface area (Å²) in [6.45, 7) is -0.271. The number of nitrogens with zero attached hydrogens (tertiary/aromatic N) is 4. The van der Waals surface area contributed by atoms with Crippen LogP contribution >= 0.6 is 23.2 Å². The van der Waals surface area contributed by atoms with Gasteiger partial charge in [0.25, 0.3) is 0 Å². The molecular formula is C8H8Cl2N4O2. The molecule has 86 valence electrons. The van der Waals surface area contributed by atoms with E-state index in [9.17, 15) is 10.2 Å². The maximum atomic E-state index is 9.75. The van der Waals surface area contributed by atoms with Crippen molar-refractivity contribution in [1.29, 1.82) is 0 Å². The van der Waals surface area contributed by atoms with Crippen molar-refractivity contribution >= 4 is 23.2 Å². The van der Waals surface area contributed by atoms with Crippen molar-refractivity contribution < 1.29 is 10.2 Å². The molecule has 0 aliphatic rings. The molecule has 0 fully saturated rings. The summed E-state index contributed by atoms with van der Waals surface area (Å²) in [5.41, 5.74) is 8.25. The van der Waals surface area contributed by atoms with Crippen LogP contribution in [0.2, 0.25) is 10.0 Å². The van der Waals surface area contributed by atoms with Gasteiger partial charge < -0.3 is 10.2 Å². The smallest absolute Gasteiger partial charge is 0.108 e. The van der Waals surface area contributed by atoms with Gasteiger partial charge in [-0.3, -0.25) is 4.98 Å². The molecule has 1 aromatic heterocycles. The highest BCUT2D eigenvalue weighted by atomic mass is 35.5. The predicted molar refractivity (Wildman–Crippen MR) is 59.2 cm³/mol. The van der Waals surface area contributed by atoms with Crippen molar-refractivity contribution in [1.82, 2.24) is 4.98 Å². The second-order valence-electron chi connectivity index (χ2n) is 2.94. The number of hydrogen-bond donors (Lipinski definition) is 2. The van der Waals surface area contributed by atoms with Gasteiger partial charge in [-0.1, -0.05) is 28.3 Å². The first-order valence-electron chi connectivity index (χ1n) is 4.23. The van der Waals surface area contributed by atoms with Crippen LogP contribution in [0.15, 0.2) is 17.5 Å². The van der Waals surface area contributed by atoms with Gasteiger partial charge in [0.05, 0.1) is 22.7 Å². The molecule has 0 aliphatic heterocycles. The van der Waals surface area contributed by atoms with Crippen LogP contribution in [0.1, 0.15) is 11.7 Å². The fourth-order valence-electron chi connectivity index (χ4n) is 1.12. The van der Waals surface area contributed by atoms with Crippen molar-refractivity contribution in [3.05, 3.63) is 38.4 Å². The minimum Gasteiger partial charge on any atom is -0.390 e. The Morgan fingerprint density at radius 1 is 1.38 bits per heavy atom. The van der Waals surface area contributed by atoms with Crippen LogP contribution in [-0.4, -0.2) is 27.8 Å². The fraction of sp³-hybridized carbons (Fsp3) is 0.375. The van der Waals surface area contributed by atoms with Gasteiger partial charge in [0.1, 0.15) is 6.10 Å². The molecule has 2 N–H and O–H groups in total. The number of halogens is 2. The molecule has 0 aromatic carbocycles. The van der Waals surface area contributed by atoms with Crippen LogP contribution in [0, 0.1) is 0 Å². The number of rotatable bonds is 4. The molecule has 2 unspecified atom stereocenters. The molecule has 1 aromatic rings. The van der Waals surface area contributed by atoms with Crippen molar-refractivity contribution in [2.75, 3.05) is 6.54 Å². The molecule has 0 saturated heterocycles. The maximum Gasteiger partial charge on any atom is 0.108 e. The highest BCUT2D eigenvalue weighted by Gasteiger charge is 2.22. The molecule has 0 saturated carbocycles. The lowest BCUT2D eigenvalue weighted by molar-refractivity contribution is 0.0245. The van der Waals surface area contributed by atoms with Crippen molar-refractivity contribution in [2.24, 2.45) is 5.11 Å². The van der Waals surface area contributed by atoms with Gasteiger partial charge in [0.2, 0.25) is 0 Å². The number of aromatic nitrogens is 1. The van der Waals surface area contributed by atoms with E-state index in [0.29, 0.717) is 0 Å². The molecule has 1 heterocycles. The Bertz CT molecular complexity index is 402. The zero-order valence-corrected chi connectivity index (χ0v) is 9.47. The minimum absolute atomic E-state index is 0.139. The lowest BCUT2D eigenvalue weighted by atomic mass is 10.1. The van der Waals surface area contributed by atoms with Crippen LogP contribution in [0.4, 0.5) is 0 Å². The zero-order valence-electron chi connectivity index (χ0n) is 7.96. The molecule has 0 spiro atoms. The SMILES string of the molecule is [N-]=[N+]=NCC(O)C(O)c1c(Cl)cncc1Cl. The van der Waals surface area contributed by atoms with Crippen LogP contribution in [0.5, 0.6) is 0 Å². The predicted octanol–water partition coefficient (Wildman–Crippen LogP) is 2.09. The summed E-state index contributed by atoms with van der Waals surface area (Å²) in [5.74, 6) is 0. The van der Waals surface area contributed by atoms with E-state index < -0.39 is 12.2 Å². The Hall–Kier alpha value is -1.04. The van der Waals surface area contributed by atoms with E-state index >= 15 is 0 Å². The van der Waals surface area contributed by atoms with Gasteiger partial charge in [-0.25, -0.2) is 0 Å². The van der Waals surface area contributed by atoms with Crippen molar-refractivity contribution in [3.8, 4) is 0 Å². The topological polar surface area (TPSA) is 102 Å². The lowest BCUT2D eigenvalue weighted by Gasteiger charge is -2.18. The Labute approximate surface area is 101 Å². The van der Waals surface area contributed by atoms with Gasteiger partial charge in [-0.15, -0.1) is 0 Å².